The Bertz CT molecular complexity index is 119. The van der Waals surface area contributed by atoms with E-state index in [1.54, 1.807) is 0 Å². The first-order chi connectivity index (χ1) is 5.54. The van der Waals surface area contributed by atoms with Gasteiger partial charge < -0.3 is 9.84 Å². The zero-order valence-corrected chi connectivity index (χ0v) is 8.04. The largest absolute Gasteiger partial charge is 0.505 e. The fourth-order valence-corrected chi connectivity index (χ4v) is 0.238. The third-order valence-corrected chi connectivity index (χ3v) is 0.829. The zero-order valence-electron chi connectivity index (χ0n) is 8.04. The molecule has 3 nitrogen and oxygen atoms in total. The molecule has 0 spiro atoms. The van der Waals surface area contributed by atoms with Crippen LogP contribution < -0.4 is 0 Å². The summed E-state index contributed by atoms with van der Waals surface area (Å²) in [7, 11) is 0. The lowest BCUT2D eigenvalue weighted by atomic mass is 10.2. The maximum absolute atomic E-state index is 9.68. The lowest BCUT2D eigenvalue weighted by molar-refractivity contribution is 0.0814. The Morgan fingerprint density at radius 3 is 2.17 bits per heavy atom. The van der Waals surface area contributed by atoms with Crippen molar-refractivity contribution >= 4 is 6.16 Å². The van der Waals surface area contributed by atoms with Crippen LogP contribution in [0.5, 0.6) is 0 Å². The maximum Gasteiger partial charge on any atom is 0.505 e. The molecule has 0 fully saturated rings. The molecule has 0 atom stereocenters. The van der Waals surface area contributed by atoms with Crippen LogP contribution in [0.15, 0.2) is 12.7 Å². The van der Waals surface area contributed by atoms with Crippen LogP contribution >= 0.6 is 0 Å². The molecule has 0 aliphatic carbocycles. The van der Waals surface area contributed by atoms with Crippen molar-refractivity contribution < 1.29 is 14.6 Å². The van der Waals surface area contributed by atoms with E-state index < -0.39 is 6.16 Å². The van der Waals surface area contributed by atoms with Gasteiger partial charge in [0, 0.05) is 0 Å². The van der Waals surface area contributed by atoms with Crippen molar-refractivity contribution in [3.63, 3.8) is 0 Å². The summed E-state index contributed by atoms with van der Waals surface area (Å²) in [6.07, 6.45) is 1.76. The number of rotatable bonds is 3. The van der Waals surface area contributed by atoms with Gasteiger partial charge in [-0.15, -0.1) is 6.58 Å². The predicted molar refractivity (Wildman–Crippen MR) is 49.3 cm³/mol. The Kier molecular flexibility index (Phi) is 11.3. The summed E-state index contributed by atoms with van der Waals surface area (Å²) in [5.41, 5.74) is 0. The summed E-state index contributed by atoms with van der Waals surface area (Å²) >= 11 is 0. The summed E-state index contributed by atoms with van der Waals surface area (Å²) in [5, 5.41) is 7.94. The quantitative estimate of drug-likeness (QED) is 0.528. The van der Waals surface area contributed by atoms with Gasteiger partial charge in [0.15, 0.2) is 0 Å². The number of hydrogen-bond donors (Lipinski definition) is 1. The van der Waals surface area contributed by atoms with E-state index >= 15 is 0 Å². The molecule has 0 heterocycles. The fourth-order valence-electron chi connectivity index (χ4n) is 0.238. The molecule has 0 aromatic heterocycles. The van der Waals surface area contributed by atoms with E-state index in [9.17, 15) is 4.79 Å². The van der Waals surface area contributed by atoms with Crippen LogP contribution in [0, 0.1) is 5.92 Å². The third kappa shape index (κ3) is 23.0. The van der Waals surface area contributed by atoms with Gasteiger partial charge in [0.05, 0.1) is 6.61 Å². The number of hydrogen-bond acceptors (Lipinski definition) is 2. The summed E-state index contributed by atoms with van der Waals surface area (Å²) in [4.78, 5) is 9.68. The van der Waals surface area contributed by atoms with E-state index in [4.69, 9.17) is 5.11 Å². The summed E-state index contributed by atoms with van der Waals surface area (Å²) < 4.78 is 4.22. The molecule has 72 valence electrons. The number of ether oxygens (including phenoxy) is 1. The SMILES string of the molecule is C=CCC.CC(C)COC(=O)O. The first kappa shape index (κ1) is 13.6. The predicted octanol–water partition coefficient (Wildman–Crippen LogP) is 2.92. The molecule has 0 aliphatic heterocycles. The molecule has 12 heavy (non-hydrogen) atoms. The van der Waals surface area contributed by atoms with Crippen molar-refractivity contribution in [2.45, 2.75) is 27.2 Å². The molecule has 0 bridgehead atoms. The Hall–Kier alpha value is -0.990. The van der Waals surface area contributed by atoms with Crippen molar-refractivity contribution in [3.05, 3.63) is 12.7 Å². The van der Waals surface area contributed by atoms with Gasteiger partial charge in [-0.25, -0.2) is 4.79 Å². The summed E-state index contributed by atoms with van der Waals surface area (Å²) in [5.74, 6) is 0.283. The van der Waals surface area contributed by atoms with Gasteiger partial charge in [-0.2, -0.15) is 0 Å². The second kappa shape index (κ2) is 10.0. The van der Waals surface area contributed by atoms with Crippen molar-refractivity contribution in [3.8, 4) is 0 Å². The van der Waals surface area contributed by atoms with E-state index in [0.717, 1.165) is 6.42 Å². The highest BCUT2D eigenvalue weighted by Gasteiger charge is 1.97. The number of carboxylic acid groups (broad SMARTS) is 1. The molecule has 3 heteroatoms. The highest BCUT2D eigenvalue weighted by atomic mass is 16.7. The van der Waals surface area contributed by atoms with Gasteiger partial charge in [-0.05, 0) is 12.3 Å². The van der Waals surface area contributed by atoms with Crippen molar-refractivity contribution in [1.82, 2.24) is 0 Å². The molecule has 0 aliphatic rings. The molecular weight excluding hydrogens is 156 g/mol. The molecule has 0 unspecified atom stereocenters. The topological polar surface area (TPSA) is 46.5 Å². The standard InChI is InChI=1S/C5H10O3.C4H8/c1-4(2)3-8-5(6)7;1-3-4-2/h4H,3H2,1-2H3,(H,6,7);3H,1,4H2,2H3. The van der Waals surface area contributed by atoms with E-state index in [0.29, 0.717) is 0 Å². The number of carbonyl (C=O) groups is 1. The van der Waals surface area contributed by atoms with Crippen molar-refractivity contribution in [2.75, 3.05) is 6.61 Å². The van der Waals surface area contributed by atoms with E-state index in [-0.39, 0.29) is 12.5 Å². The molecule has 0 rings (SSSR count). The van der Waals surface area contributed by atoms with E-state index in [1.165, 1.54) is 0 Å². The van der Waals surface area contributed by atoms with Crippen LogP contribution in [0.3, 0.4) is 0 Å². The Labute approximate surface area is 74.0 Å². The molecule has 0 aromatic carbocycles. The van der Waals surface area contributed by atoms with Crippen molar-refractivity contribution in [1.29, 1.82) is 0 Å². The minimum absolute atomic E-state index is 0.283. The molecule has 1 N–H and O–H groups in total. The second-order valence-electron chi connectivity index (χ2n) is 2.67. The van der Waals surface area contributed by atoms with Gasteiger partial charge in [-0.3, -0.25) is 0 Å². The van der Waals surface area contributed by atoms with Crippen molar-refractivity contribution in [2.24, 2.45) is 5.92 Å². The maximum atomic E-state index is 9.68. The molecular formula is C9H18O3. The molecule has 0 aromatic rings. The average molecular weight is 174 g/mol. The number of allylic oxidation sites excluding steroid dienone is 1. The molecule has 0 amide bonds. The normalized spacial score (nSPS) is 8.33. The Morgan fingerprint density at radius 1 is 1.67 bits per heavy atom. The fraction of sp³-hybridized carbons (Fsp3) is 0.667. The highest BCUT2D eigenvalue weighted by Crippen LogP contribution is 1.91. The average Bonchev–Trinajstić information content (AvgIpc) is 2.01. The first-order valence-electron chi connectivity index (χ1n) is 4.01. The van der Waals surface area contributed by atoms with Crippen LogP contribution in [0.25, 0.3) is 0 Å². The smallest absolute Gasteiger partial charge is 0.450 e. The summed E-state index contributed by atoms with van der Waals surface area (Å²) in [6.45, 7) is 9.61. The van der Waals surface area contributed by atoms with E-state index in [2.05, 4.69) is 18.2 Å². The lowest BCUT2D eigenvalue weighted by Gasteiger charge is -2.00. The third-order valence-electron chi connectivity index (χ3n) is 0.829. The molecule has 0 radical (unpaired) electrons. The minimum atomic E-state index is -1.20. The van der Waals surface area contributed by atoms with Crippen LogP contribution in [-0.4, -0.2) is 17.9 Å². The zero-order chi connectivity index (χ0) is 9.98. The van der Waals surface area contributed by atoms with Gasteiger partial charge in [0.25, 0.3) is 0 Å². The minimum Gasteiger partial charge on any atom is -0.450 e. The van der Waals surface area contributed by atoms with Gasteiger partial charge in [0.2, 0.25) is 0 Å². The van der Waals surface area contributed by atoms with Crippen LogP contribution in [0.2, 0.25) is 0 Å². The second-order valence-corrected chi connectivity index (χ2v) is 2.67. The molecule has 0 saturated heterocycles. The van der Waals surface area contributed by atoms with Gasteiger partial charge in [-0.1, -0.05) is 26.8 Å². The Balaban J connectivity index is 0. The van der Waals surface area contributed by atoms with Crippen LogP contribution in [-0.2, 0) is 4.74 Å². The van der Waals surface area contributed by atoms with Gasteiger partial charge in [0.1, 0.15) is 0 Å². The monoisotopic (exact) mass is 174 g/mol. The lowest BCUT2D eigenvalue weighted by Crippen LogP contribution is -2.06. The Morgan fingerprint density at radius 2 is 2.08 bits per heavy atom. The van der Waals surface area contributed by atoms with Gasteiger partial charge >= 0.3 is 6.16 Å². The van der Waals surface area contributed by atoms with Crippen LogP contribution in [0.1, 0.15) is 27.2 Å². The van der Waals surface area contributed by atoms with E-state index in [1.807, 2.05) is 19.9 Å². The van der Waals surface area contributed by atoms with Crippen LogP contribution in [0.4, 0.5) is 4.79 Å². The highest BCUT2D eigenvalue weighted by molar-refractivity contribution is 5.56. The molecule has 0 saturated carbocycles. The summed E-state index contributed by atoms with van der Waals surface area (Å²) in [6, 6.07) is 0. The first-order valence-corrected chi connectivity index (χ1v) is 4.01.